The van der Waals surface area contributed by atoms with E-state index in [9.17, 15) is 9.18 Å². The normalized spacial score (nSPS) is 10.3. The lowest BCUT2D eigenvalue weighted by Crippen LogP contribution is -2.26. The first-order valence-electron chi connectivity index (χ1n) is 5.59. The maximum atomic E-state index is 13.3. The molecule has 0 heterocycles. The van der Waals surface area contributed by atoms with Crippen molar-refractivity contribution < 1.29 is 14.3 Å². The predicted molar refractivity (Wildman–Crippen MR) is 65.9 cm³/mol. The summed E-state index contributed by atoms with van der Waals surface area (Å²) in [5.41, 5.74) is 5.51. The summed E-state index contributed by atoms with van der Waals surface area (Å²) in [7, 11) is 0. The number of anilines is 2. The van der Waals surface area contributed by atoms with Crippen molar-refractivity contribution in [3.05, 3.63) is 23.5 Å². The molecule has 4 nitrogen and oxygen atoms in total. The number of nitrogens with two attached hydrogens (primary N) is 1. The predicted octanol–water partition coefficient (Wildman–Crippen LogP) is 2.34. The molecule has 3 N–H and O–H groups in total. The second-order valence-electron chi connectivity index (χ2n) is 3.74. The van der Waals surface area contributed by atoms with Gasteiger partial charge >= 0.3 is 5.97 Å². The maximum absolute atomic E-state index is 13.3. The van der Waals surface area contributed by atoms with E-state index in [2.05, 4.69) is 0 Å². The number of benzene rings is 1. The van der Waals surface area contributed by atoms with Crippen LogP contribution in [0.5, 0.6) is 0 Å². The first-order chi connectivity index (χ1) is 8.02. The Labute approximate surface area is 99.8 Å². The molecule has 0 bridgehead atoms. The van der Waals surface area contributed by atoms with Crippen molar-refractivity contribution in [3.8, 4) is 0 Å². The van der Waals surface area contributed by atoms with Gasteiger partial charge in [-0.05, 0) is 25.5 Å². The lowest BCUT2D eigenvalue weighted by atomic mass is 10.1. The van der Waals surface area contributed by atoms with Crippen molar-refractivity contribution in [3.63, 3.8) is 0 Å². The van der Waals surface area contributed by atoms with Gasteiger partial charge in [0.15, 0.2) is 0 Å². The summed E-state index contributed by atoms with van der Waals surface area (Å²) in [5, 5.41) is 9.11. The average molecular weight is 240 g/mol. The lowest BCUT2D eigenvalue weighted by Gasteiger charge is -2.24. The van der Waals surface area contributed by atoms with E-state index in [1.54, 1.807) is 0 Å². The number of nitrogen functional groups attached to an aromatic ring is 1. The van der Waals surface area contributed by atoms with E-state index in [1.165, 1.54) is 12.1 Å². The van der Waals surface area contributed by atoms with Crippen LogP contribution in [0.2, 0.25) is 0 Å². The highest BCUT2D eigenvalue weighted by atomic mass is 19.1. The van der Waals surface area contributed by atoms with Gasteiger partial charge in [0.25, 0.3) is 0 Å². The first-order valence-corrected chi connectivity index (χ1v) is 5.59. The zero-order valence-corrected chi connectivity index (χ0v) is 10.0. The third kappa shape index (κ3) is 2.67. The molecule has 0 unspecified atom stereocenters. The molecule has 1 aromatic carbocycles. The van der Waals surface area contributed by atoms with Crippen LogP contribution in [0.25, 0.3) is 0 Å². The summed E-state index contributed by atoms with van der Waals surface area (Å²) < 4.78 is 13.3. The number of hydrogen-bond acceptors (Lipinski definition) is 3. The number of aromatic carboxylic acids is 1. The number of carboxylic acids is 1. The minimum absolute atomic E-state index is 0.152. The molecule has 0 aliphatic rings. The Morgan fingerprint density at radius 2 is 2.12 bits per heavy atom. The molecule has 0 saturated heterocycles. The van der Waals surface area contributed by atoms with Gasteiger partial charge in [-0.15, -0.1) is 0 Å². The summed E-state index contributed by atoms with van der Waals surface area (Å²) in [6, 6.07) is 2.67. The molecule has 0 spiro atoms. The zero-order valence-electron chi connectivity index (χ0n) is 10.0. The van der Waals surface area contributed by atoms with Gasteiger partial charge in [0.05, 0.1) is 11.4 Å². The number of rotatable bonds is 5. The molecule has 94 valence electrons. The summed E-state index contributed by atoms with van der Waals surface area (Å²) in [6.07, 6.45) is 0.879. The molecule has 0 aromatic heterocycles. The van der Waals surface area contributed by atoms with Gasteiger partial charge in [0.1, 0.15) is 11.4 Å². The topological polar surface area (TPSA) is 66.6 Å². The van der Waals surface area contributed by atoms with E-state index in [-0.39, 0.29) is 11.3 Å². The fourth-order valence-electron chi connectivity index (χ4n) is 1.79. The van der Waals surface area contributed by atoms with Crippen LogP contribution < -0.4 is 10.6 Å². The van der Waals surface area contributed by atoms with Gasteiger partial charge in [-0.2, -0.15) is 0 Å². The van der Waals surface area contributed by atoms with Crippen LogP contribution in [0.1, 0.15) is 30.6 Å². The number of carbonyl (C=O) groups is 1. The van der Waals surface area contributed by atoms with Crippen LogP contribution in [0.4, 0.5) is 15.8 Å². The van der Waals surface area contributed by atoms with Crippen molar-refractivity contribution in [2.75, 3.05) is 23.7 Å². The van der Waals surface area contributed by atoms with Crippen molar-refractivity contribution >= 4 is 17.3 Å². The van der Waals surface area contributed by atoms with Crippen molar-refractivity contribution in [2.24, 2.45) is 0 Å². The Morgan fingerprint density at radius 3 is 2.59 bits per heavy atom. The standard InChI is InChI=1S/C12H17FN2O2/c1-3-7-15(4-2)9-6-5-8(13)11(14)10(9)12(16)17/h5-6H,3-4,7,14H2,1-2H3,(H,16,17). The van der Waals surface area contributed by atoms with Crippen molar-refractivity contribution in [2.45, 2.75) is 20.3 Å². The second-order valence-corrected chi connectivity index (χ2v) is 3.74. The van der Waals surface area contributed by atoms with Crippen LogP contribution >= 0.6 is 0 Å². The van der Waals surface area contributed by atoms with Crippen molar-refractivity contribution in [1.82, 2.24) is 0 Å². The smallest absolute Gasteiger partial charge is 0.340 e. The summed E-state index contributed by atoms with van der Waals surface area (Å²) >= 11 is 0. The largest absolute Gasteiger partial charge is 0.478 e. The van der Waals surface area contributed by atoms with Crippen molar-refractivity contribution in [1.29, 1.82) is 0 Å². The monoisotopic (exact) mass is 240 g/mol. The van der Waals surface area contributed by atoms with Gasteiger partial charge in [0, 0.05) is 13.1 Å². The van der Waals surface area contributed by atoms with E-state index in [0.717, 1.165) is 6.42 Å². The van der Waals surface area contributed by atoms with E-state index < -0.39 is 11.8 Å². The fraction of sp³-hybridized carbons (Fsp3) is 0.417. The molecule has 17 heavy (non-hydrogen) atoms. The van der Waals surface area contributed by atoms with Gasteiger partial charge in [0.2, 0.25) is 0 Å². The Balaban J connectivity index is 3.31. The minimum Gasteiger partial charge on any atom is -0.478 e. The highest BCUT2D eigenvalue weighted by Gasteiger charge is 2.20. The molecule has 0 atom stereocenters. The third-order valence-corrected chi connectivity index (χ3v) is 2.60. The summed E-state index contributed by atoms with van der Waals surface area (Å²) in [4.78, 5) is 13.0. The summed E-state index contributed by atoms with van der Waals surface area (Å²) in [5.74, 6) is -1.90. The molecular formula is C12H17FN2O2. The number of carboxylic acid groups (broad SMARTS) is 1. The van der Waals surface area contributed by atoms with E-state index >= 15 is 0 Å². The average Bonchev–Trinajstić information content (AvgIpc) is 2.29. The zero-order chi connectivity index (χ0) is 13.0. The van der Waals surface area contributed by atoms with Crippen LogP contribution in [0.15, 0.2) is 12.1 Å². The van der Waals surface area contributed by atoms with Gasteiger partial charge in [-0.1, -0.05) is 6.92 Å². The molecule has 1 rings (SSSR count). The molecule has 0 amide bonds. The SMILES string of the molecule is CCCN(CC)c1ccc(F)c(N)c1C(=O)O. The highest BCUT2D eigenvalue weighted by Crippen LogP contribution is 2.28. The quantitative estimate of drug-likeness (QED) is 0.775. The fourth-order valence-corrected chi connectivity index (χ4v) is 1.79. The molecule has 0 radical (unpaired) electrons. The molecule has 0 saturated carbocycles. The first kappa shape index (κ1) is 13.3. The number of nitrogens with zero attached hydrogens (tertiary/aromatic N) is 1. The van der Waals surface area contributed by atoms with Crippen LogP contribution in [-0.2, 0) is 0 Å². The summed E-state index contributed by atoms with van der Waals surface area (Å²) in [6.45, 7) is 5.28. The minimum atomic E-state index is -1.20. The van der Waals surface area contributed by atoms with E-state index in [4.69, 9.17) is 10.8 Å². The highest BCUT2D eigenvalue weighted by molar-refractivity contribution is 6.00. The van der Waals surface area contributed by atoms with E-state index in [1.807, 2.05) is 18.7 Å². The molecule has 0 aliphatic heterocycles. The molecule has 0 fully saturated rings. The number of halogens is 1. The van der Waals surface area contributed by atoms with E-state index in [0.29, 0.717) is 18.8 Å². The van der Waals surface area contributed by atoms with Crippen LogP contribution in [0.3, 0.4) is 0 Å². The Morgan fingerprint density at radius 1 is 1.47 bits per heavy atom. The Kier molecular flexibility index (Phi) is 4.31. The van der Waals surface area contributed by atoms with Gasteiger partial charge in [-0.25, -0.2) is 9.18 Å². The molecule has 1 aromatic rings. The lowest BCUT2D eigenvalue weighted by molar-refractivity contribution is 0.0698. The second kappa shape index (κ2) is 5.52. The Hall–Kier alpha value is -1.78. The van der Waals surface area contributed by atoms with Crippen LogP contribution in [0, 0.1) is 5.82 Å². The number of hydrogen-bond donors (Lipinski definition) is 2. The van der Waals surface area contributed by atoms with Gasteiger partial charge in [-0.3, -0.25) is 0 Å². The molecule has 5 heteroatoms. The van der Waals surface area contributed by atoms with Gasteiger partial charge < -0.3 is 15.7 Å². The Bertz CT molecular complexity index is 421. The maximum Gasteiger partial charge on any atom is 0.340 e. The van der Waals surface area contributed by atoms with Crippen LogP contribution in [-0.4, -0.2) is 24.2 Å². The third-order valence-electron chi connectivity index (χ3n) is 2.60. The molecule has 0 aliphatic carbocycles. The molecular weight excluding hydrogens is 223 g/mol.